The number of rotatable bonds is 0. The topological polar surface area (TPSA) is 13.1 Å². The van der Waals surface area contributed by atoms with Gasteiger partial charge >= 0.3 is 0 Å². The van der Waals surface area contributed by atoms with Crippen LogP contribution in [0.4, 0.5) is 0 Å². The zero-order valence-corrected chi connectivity index (χ0v) is 9.53. The number of hydrogen-bond donors (Lipinski definition) is 0. The first-order chi connectivity index (χ1) is 7.93. The summed E-state index contributed by atoms with van der Waals surface area (Å²) < 4.78 is 5.65. The predicted octanol–water partition coefficient (Wildman–Crippen LogP) is 4.34. The Labute approximate surface area is 93.4 Å². The Bertz CT molecular complexity index is 785. The number of hydrogen-bond acceptors (Lipinski definition) is 1. The second-order valence-electron chi connectivity index (χ2n) is 3.98. The Balaban J connectivity index is 2.42. The van der Waals surface area contributed by atoms with Crippen molar-refractivity contribution in [3.8, 4) is 0 Å². The Kier molecular flexibility index (Phi) is 1.53. The monoisotopic (exact) mass is 224 g/mol. The molecule has 0 saturated carbocycles. The summed E-state index contributed by atoms with van der Waals surface area (Å²) >= 11 is 0. The first-order valence-corrected chi connectivity index (χ1v) is 6.31. The van der Waals surface area contributed by atoms with Crippen molar-refractivity contribution in [3.05, 3.63) is 59.4 Å². The minimum absolute atomic E-state index is 0.732. The van der Waals surface area contributed by atoms with Gasteiger partial charge in [0.25, 0.3) is 0 Å². The normalized spacial score (nSPS) is 11.8. The minimum atomic E-state index is 0.732. The van der Waals surface area contributed by atoms with E-state index >= 15 is 0 Å². The van der Waals surface area contributed by atoms with Crippen LogP contribution in [-0.2, 0) is 0 Å². The summed E-state index contributed by atoms with van der Waals surface area (Å²) in [5.74, 6) is 0. The van der Waals surface area contributed by atoms with Crippen molar-refractivity contribution in [2.75, 3.05) is 0 Å². The van der Waals surface area contributed by atoms with Crippen molar-refractivity contribution in [2.45, 2.75) is 0 Å². The molecule has 0 radical (unpaired) electrons. The highest BCUT2D eigenvalue weighted by atomic mass is 31.0. The van der Waals surface area contributed by atoms with Gasteiger partial charge in [-0.25, -0.2) is 0 Å². The van der Waals surface area contributed by atoms with Crippen LogP contribution in [0, 0.1) is 10.8 Å². The lowest BCUT2D eigenvalue weighted by molar-refractivity contribution is 0.649. The average molecular weight is 224 g/mol. The molecule has 2 heterocycles. The molecule has 0 fully saturated rings. The van der Waals surface area contributed by atoms with Gasteiger partial charge in [0.15, 0.2) is 10.8 Å². The van der Waals surface area contributed by atoms with Gasteiger partial charge in [-0.1, -0.05) is 48.5 Å². The summed E-state index contributed by atoms with van der Waals surface area (Å²) in [6.45, 7) is 0. The molecule has 0 unspecified atom stereocenters. The van der Waals surface area contributed by atoms with Crippen LogP contribution in [0.3, 0.4) is 0 Å². The largest absolute Gasteiger partial charge is 0.448 e. The molecule has 0 bridgehead atoms. The molecule has 0 N–H and O–H groups in total. The van der Waals surface area contributed by atoms with Crippen LogP contribution in [0.2, 0.25) is 0 Å². The second kappa shape index (κ2) is 2.90. The van der Waals surface area contributed by atoms with Crippen LogP contribution >= 0.6 is 8.19 Å². The molecule has 2 aromatic carbocycles. The van der Waals surface area contributed by atoms with E-state index in [-0.39, 0.29) is 0 Å². The van der Waals surface area contributed by atoms with Crippen molar-refractivity contribution in [3.63, 3.8) is 0 Å². The molecule has 4 rings (SSSR count). The maximum atomic E-state index is 5.65. The Morgan fingerprint density at radius 3 is 1.75 bits per heavy atom. The van der Waals surface area contributed by atoms with Crippen LogP contribution in [0.5, 0.6) is 0 Å². The van der Waals surface area contributed by atoms with Gasteiger partial charge < -0.3 is 4.42 Å². The van der Waals surface area contributed by atoms with Crippen LogP contribution in [-0.4, -0.2) is 0 Å². The second-order valence-corrected chi connectivity index (χ2v) is 5.30. The third-order valence-corrected chi connectivity index (χ3v) is 4.39. The highest BCUT2D eigenvalue weighted by Gasteiger charge is 2.09. The SMILES string of the molecule is c1ccc2c3oc=3c3ccccc3[pH]c2c1. The van der Waals surface area contributed by atoms with E-state index in [2.05, 4.69) is 48.5 Å². The molecule has 0 saturated heterocycles. The zero-order valence-electron chi connectivity index (χ0n) is 8.53. The van der Waals surface area contributed by atoms with E-state index in [0.29, 0.717) is 0 Å². The van der Waals surface area contributed by atoms with E-state index in [0.717, 1.165) is 19.0 Å². The van der Waals surface area contributed by atoms with Crippen molar-refractivity contribution < 1.29 is 4.42 Å². The molecule has 1 nitrogen and oxygen atoms in total. The molecular formula is C14H9OP. The van der Waals surface area contributed by atoms with Gasteiger partial charge in [-0.05, 0) is 0 Å². The first kappa shape index (κ1) is 8.43. The molecule has 2 aliphatic rings. The van der Waals surface area contributed by atoms with Crippen LogP contribution in [0.1, 0.15) is 0 Å². The maximum absolute atomic E-state index is 5.65. The summed E-state index contributed by atoms with van der Waals surface area (Å²) in [4.78, 5) is 0. The molecular weight excluding hydrogens is 215 g/mol. The van der Waals surface area contributed by atoms with Gasteiger partial charge in [0.1, 0.15) is 0 Å². The van der Waals surface area contributed by atoms with E-state index in [1.54, 1.807) is 0 Å². The quantitative estimate of drug-likeness (QED) is 0.433. The van der Waals surface area contributed by atoms with E-state index in [4.69, 9.17) is 4.42 Å². The standard InChI is InChI=1S/C14H9OP/c1-3-7-11-9(5-1)13-14(15-13)10-6-2-4-8-12(10)16-11/h1-8,16H. The highest BCUT2D eigenvalue weighted by molar-refractivity contribution is 7.42. The molecule has 2 aliphatic heterocycles. The molecule has 0 aromatic heterocycles. The molecule has 2 aromatic rings. The third kappa shape index (κ3) is 1.07. The summed E-state index contributed by atoms with van der Waals surface area (Å²) in [5.41, 5.74) is 2.15. The van der Waals surface area contributed by atoms with Gasteiger partial charge in [-0.2, -0.15) is 0 Å². The van der Waals surface area contributed by atoms with Gasteiger partial charge in [0, 0.05) is 21.0 Å². The summed E-state index contributed by atoms with van der Waals surface area (Å²) in [5, 5.41) is 5.31. The molecule has 0 aliphatic carbocycles. The predicted molar refractivity (Wildman–Crippen MR) is 68.5 cm³/mol. The lowest BCUT2D eigenvalue weighted by Gasteiger charge is -1.92. The fourth-order valence-corrected chi connectivity index (χ4v) is 3.47. The Morgan fingerprint density at radius 2 is 1.19 bits per heavy atom. The summed E-state index contributed by atoms with van der Waals surface area (Å²) in [6, 6.07) is 17.0. The fourth-order valence-electron chi connectivity index (χ4n) is 2.16. The van der Waals surface area contributed by atoms with Crippen molar-refractivity contribution in [2.24, 2.45) is 0 Å². The lowest BCUT2D eigenvalue weighted by Crippen LogP contribution is -1.61. The average Bonchev–Trinajstić information content (AvgIpc) is 3.09. The molecule has 0 amide bonds. The molecule has 0 atom stereocenters. The van der Waals surface area contributed by atoms with Crippen molar-refractivity contribution >= 4 is 29.2 Å². The van der Waals surface area contributed by atoms with Gasteiger partial charge in [0.05, 0.1) is 0 Å². The fraction of sp³-hybridized carbons (Fsp3) is 0. The van der Waals surface area contributed by atoms with Crippen LogP contribution in [0.25, 0.3) is 21.0 Å². The minimum Gasteiger partial charge on any atom is -0.448 e. The van der Waals surface area contributed by atoms with Crippen molar-refractivity contribution in [1.29, 1.82) is 0 Å². The lowest BCUT2D eigenvalue weighted by atomic mass is 10.2. The Morgan fingerprint density at radius 1 is 0.688 bits per heavy atom. The third-order valence-electron chi connectivity index (χ3n) is 2.98. The molecule has 0 spiro atoms. The summed E-state index contributed by atoms with van der Waals surface area (Å²) in [6.07, 6.45) is 0. The summed E-state index contributed by atoms with van der Waals surface area (Å²) in [7, 11) is 0.732. The molecule has 2 heteroatoms. The smallest absolute Gasteiger partial charge is 0.178 e. The van der Waals surface area contributed by atoms with Crippen molar-refractivity contribution in [1.82, 2.24) is 0 Å². The van der Waals surface area contributed by atoms with Gasteiger partial charge in [0.2, 0.25) is 0 Å². The first-order valence-electron chi connectivity index (χ1n) is 5.31. The van der Waals surface area contributed by atoms with Crippen LogP contribution in [0.15, 0.2) is 52.9 Å². The maximum Gasteiger partial charge on any atom is 0.178 e. The van der Waals surface area contributed by atoms with E-state index in [1.807, 2.05) is 0 Å². The van der Waals surface area contributed by atoms with Gasteiger partial charge in [-0.15, -0.1) is 8.19 Å². The number of fused-ring (bicyclic) bond motifs is 4. The van der Waals surface area contributed by atoms with Crippen LogP contribution < -0.4 is 0 Å². The molecule has 76 valence electrons. The highest BCUT2D eigenvalue weighted by Crippen LogP contribution is 2.34. The zero-order chi connectivity index (χ0) is 10.5. The van der Waals surface area contributed by atoms with E-state index < -0.39 is 0 Å². The van der Waals surface area contributed by atoms with Gasteiger partial charge in [-0.3, -0.25) is 0 Å². The number of benzene rings is 2. The van der Waals surface area contributed by atoms with E-state index in [1.165, 1.54) is 21.0 Å². The van der Waals surface area contributed by atoms with E-state index in [9.17, 15) is 0 Å². The Hall–Kier alpha value is -1.72. The molecule has 16 heavy (non-hydrogen) atoms.